The monoisotopic (exact) mass is 549 g/mol. The highest BCUT2D eigenvalue weighted by molar-refractivity contribution is 5.84. The van der Waals surface area contributed by atoms with Crippen molar-refractivity contribution in [1.82, 2.24) is 19.5 Å². The fourth-order valence-electron chi connectivity index (χ4n) is 4.81. The van der Waals surface area contributed by atoms with E-state index in [4.69, 9.17) is 20.9 Å². The molecule has 4 atom stereocenters. The third-order valence-corrected chi connectivity index (χ3v) is 6.99. The van der Waals surface area contributed by atoms with Crippen LogP contribution in [0.2, 0.25) is 0 Å². The van der Waals surface area contributed by atoms with Crippen molar-refractivity contribution < 1.29 is 24.8 Å². The molecule has 5 rings (SSSR count). The van der Waals surface area contributed by atoms with E-state index in [-0.39, 0.29) is 5.82 Å². The number of aliphatic hydroxyl groups excluding tert-OH is 3. The van der Waals surface area contributed by atoms with Crippen molar-refractivity contribution in [2.75, 3.05) is 30.8 Å². The van der Waals surface area contributed by atoms with Crippen molar-refractivity contribution in [3.63, 3.8) is 0 Å². The third kappa shape index (κ3) is 5.71. The quantitative estimate of drug-likeness (QED) is 0.141. The van der Waals surface area contributed by atoms with E-state index >= 15 is 0 Å². The predicted octanol–water partition coefficient (Wildman–Crippen LogP) is 1.81. The van der Waals surface area contributed by atoms with Gasteiger partial charge in [0, 0.05) is 12.1 Å². The number of nitrogens with one attached hydrogen (secondary N) is 1. The molecule has 4 aromatic rings. The number of hydrogen-bond donors (Lipinski definition) is 6. The summed E-state index contributed by atoms with van der Waals surface area (Å²) in [7, 11) is 0. The largest absolute Gasteiger partial charge is 0.493 e. The molecule has 0 radical (unpaired) electrons. The number of ether oxygens (including phenoxy) is 2. The number of imidazole rings is 1. The van der Waals surface area contributed by atoms with Gasteiger partial charge in [-0.15, -0.1) is 0 Å². The fraction of sp³-hybridized carbons (Fsp3) is 0.393. The molecule has 40 heavy (non-hydrogen) atoms. The van der Waals surface area contributed by atoms with Gasteiger partial charge in [0.1, 0.15) is 30.4 Å². The van der Waals surface area contributed by atoms with Crippen molar-refractivity contribution >= 4 is 22.9 Å². The van der Waals surface area contributed by atoms with E-state index in [1.807, 2.05) is 48.5 Å². The number of rotatable bonds is 12. The van der Waals surface area contributed by atoms with Gasteiger partial charge in [0.15, 0.2) is 23.2 Å². The molecule has 2 unspecified atom stereocenters. The van der Waals surface area contributed by atoms with Crippen molar-refractivity contribution in [1.29, 1.82) is 0 Å². The Kier molecular flexibility index (Phi) is 8.72. The minimum atomic E-state index is -1.33. The number of aliphatic hydroxyl groups is 3. The van der Waals surface area contributed by atoms with Crippen molar-refractivity contribution in [2.45, 2.75) is 50.3 Å². The maximum absolute atomic E-state index is 10.7. The molecule has 1 fully saturated rings. The van der Waals surface area contributed by atoms with Crippen molar-refractivity contribution in [3.8, 4) is 16.9 Å². The van der Waals surface area contributed by atoms with Crippen LogP contribution in [0.1, 0.15) is 31.1 Å². The number of anilines is 2. The number of nitrogens with zero attached hydrogens (tertiary/aromatic N) is 4. The fourth-order valence-corrected chi connectivity index (χ4v) is 4.81. The van der Waals surface area contributed by atoms with Gasteiger partial charge in [-0.2, -0.15) is 0 Å². The van der Waals surface area contributed by atoms with Gasteiger partial charge in [0.25, 0.3) is 0 Å². The lowest BCUT2D eigenvalue weighted by atomic mass is 10.0. The maximum Gasteiger partial charge on any atom is 0.207 e. The molecule has 0 spiro atoms. The summed E-state index contributed by atoms with van der Waals surface area (Å²) >= 11 is 0. The van der Waals surface area contributed by atoms with E-state index in [9.17, 15) is 15.3 Å². The van der Waals surface area contributed by atoms with Gasteiger partial charge in [0.2, 0.25) is 5.95 Å². The van der Waals surface area contributed by atoms with E-state index in [0.29, 0.717) is 36.8 Å². The molecule has 1 aliphatic rings. The van der Waals surface area contributed by atoms with E-state index in [2.05, 4.69) is 20.3 Å². The molecule has 1 aliphatic heterocycles. The average Bonchev–Trinajstić information content (AvgIpc) is 3.49. The third-order valence-electron chi connectivity index (χ3n) is 6.99. The zero-order chi connectivity index (χ0) is 28.1. The molecule has 0 saturated carbocycles. The Morgan fingerprint density at radius 1 is 1.00 bits per heavy atom. The molecule has 0 aliphatic carbocycles. The second-order valence-corrected chi connectivity index (χ2v) is 9.71. The predicted molar refractivity (Wildman–Crippen MR) is 150 cm³/mol. The minimum absolute atomic E-state index is 0.159. The van der Waals surface area contributed by atoms with Gasteiger partial charge in [-0.1, -0.05) is 42.5 Å². The number of hydrogen-bond acceptors (Lipinski definition) is 11. The van der Waals surface area contributed by atoms with E-state index in [0.717, 1.165) is 41.7 Å². The summed E-state index contributed by atoms with van der Waals surface area (Å²) in [6.45, 7) is 1.07. The summed E-state index contributed by atoms with van der Waals surface area (Å²) < 4.78 is 13.5. The number of benzene rings is 2. The van der Waals surface area contributed by atoms with E-state index in [1.165, 1.54) is 10.9 Å². The van der Waals surface area contributed by atoms with Gasteiger partial charge in [0.05, 0.1) is 13.2 Å². The van der Waals surface area contributed by atoms with Crippen molar-refractivity contribution in [2.24, 2.45) is 5.73 Å². The first kappa shape index (κ1) is 27.7. The average molecular weight is 550 g/mol. The number of nitrogens with two attached hydrogens (primary N) is 2. The first-order chi connectivity index (χ1) is 19.5. The highest BCUT2D eigenvalue weighted by Gasteiger charge is 2.45. The maximum atomic E-state index is 10.7. The van der Waals surface area contributed by atoms with Crippen LogP contribution in [0.3, 0.4) is 0 Å². The molecular weight excluding hydrogens is 514 g/mol. The Hall–Kier alpha value is -3.81. The molecule has 1 saturated heterocycles. The standard InChI is InChI=1S/C28H35N7O5/c29-11-5-2-6-12-39-20-13-18(17-7-3-1-4-8-17)9-10-19(20)14-31-28-34-22-25(30)32-16-33-26(22)35(28)27-24(38)23(37)21(15-36)40-27/h1,3-4,7-10,13,16,21,23-24,27,36-38H,2,5-6,11-12,14-15,29H2,(H,31,34)(H2,30,32,33)/t21-,23?,24?,27-/m1/s1. The molecule has 2 aromatic heterocycles. The molecule has 0 bridgehead atoms. The van der Waals surface area contributed by atoms with Crippen LogP contribution in [0.25, 0.3) is 22.3 Å². The lowest BCUT2D eigenvalue weighted by Crippen LogP contribution is -2.33. The van der Waals surface area contributed by atoms with Crippen LogP contribution < -0.4 is 21.5 Å². The van der Waals surface area contributed by atoms with Gasteiger partial charge in [-0.25, -0.2) is 15.0 Å². The molecule has 12 nitrogen and oxygen atoms in total. The Labute approximate surface area is 231 Å². The van der Waals surface area contributed by atoms with Crippen LogP contribution in [0.15, 0.2) is 54.9 Å². The number of fused-ring (bicyclic) bond motifs is 1. The molecule has 0 amide bonds. The van der Waals surface area contributed by atoms with Crippen molar-refractivity contribution in [3.05, 3.63) is 60.4 Å². The summed E-state index contributed by atoms with van der Waals surface area (Å²) in [5, 5.41) is 34.0. The van der Waals surface area contributed by atoms with Crippen LogP contribution in [0.5, 0.6) is 5.75 Å². The lowest BCUT2D eigenvalue weighted by Gasteiger charge is -2.20. The number of aromatic nitrogens is 4. The zero-order valence-corrected chi connectivity index (χ0v) is 22.1. The second-order valence-electron chi connectivity index (χ2n) is 9.71. The zero-order valence-electron chi connectivity index (χ0n) is 22.1. The Morgan fingerprint density at radius 2 is 1.82 bits per heavy atom. The number of unbranched alkanes of at least 4 members (excludes halogenated alkanes) is 2. The molecule has 8 N–H and O–H groups in total. The van der Waals surface area contributed by atoms with Crippen LogP contribution in [0.4, 0.5) is 11.8 Å². The first-order valence-corrected chi connectivity index (χ1v) is 13.4. The second kappa shape index (κ2) is 12.6. The highest BCUT2D eigenvalue weighted by Crippen LogP contribution is 2.36. The van der Waals surface area contributed by atoms with Crippen LogP contribution in [-0.4, -0.2) is 72.9 Å². The summed E-state index contributed by atoms with van der Waals surface area (Å²) in [5.74, 6) is 1.20. The van der Waals surface area contributed by atoms with Crippen LogP contribution in [0, 0.1) is 0 Å². The highest BCUT2D eigenvalue weighted by atomic mass is 16.6. The minimum Gasteiger partial charge on any atom is -0.493 e. The van der Waals surface area contributed by atoms with Gasteiger partial charge in [-0.05, 0) is 43.0 Å². The van der Waals surface area contributed by atoms with E-state index in [1.54, 1.807) is 0 Å². The Morgan fingerprint density at radius 3 is 2.58 bits per heavy atom. The molecule has 2 aromatic carbocycles. The summed E-state index contributed by atoms with van der Waals surface area (Å²) in [5.41, 5.74) is 15.3. The lowest BCUT2D eigenvalue weighted by molar-refractivity contribution is -0.0501. The summed E-state index contributed by atoms with van der Waals surface area (Å²) in [6.07, 6.45) is -0.530. The number of nitrogen functional groups attached to an aromatic ring is 1. The summed E-state index contributed by atoms with van der Waals surface area (Å²) in [6, 6.07) is 16.1. The Bertz CT molecular complexity index is 1420. The molecule has 3 heterocycles. The first-order valence-electron chi connectivity index (χ1n) is 13.4. The normalized spacial score (nSPS) is 20.7. The van der Waals surface area contributed by atoms with Crippen LogP contribution >= 0.6 is 0 Å². The topological polar surface area (TPSA) is 187 Å². The van der Waals surface area contributed by atoms with Crippen LogP contribution in [-0.2, 0) is 11.3 Å². The molecular formula is C28H35N7O5. The SMILES string of the molecule is NCCCCCOc1cc(-c2ccccc2)ccc1CNc1nc2c(N)ncnc2n1[C@@H]1O[C@H](CO)C(O)C1O. The molecule has 12 heteroatoms. The molecule has 212 valence electrons. The smallest absolute Gasteiger partial charge is 0.207 e. The van der Waals surface area contributed by atoms with Gasteiger partial charge < -0.3 is 41.6 Å². The Balaban J connectivity index is 1.45. The van der Waals surface area contributed by atoms with E-state index < -0.39 is 31.1 Å². The van der Waals surface area contributed by atoms with Gasteiger partial charge in [-0.3, -0.25) is 4.57 Å². The summed E-state index contributed by atoms with van der Waals surface area (Å²) in [4.78, 5) is 12.9. The van der Waals surface area contributed by atoms with Gasteiger partial charge >= 0.3 is 0 Å².